The summed E-state index contributed by atoms with van der Waals surface area (Å²) in [4.78, 5) is 35.2. The smallest absolute Gasteiger partial charge is 0.492 e. The second kappa shape index (κ2) is 10.3. The first-order valence-electron chi connectivity index (χ1n) is 11.2. The average molecular weight is 504 g/mol. The number of carbonyl (C=O) groups excluding carboxylic acids is 2. The number of halogens is 3. The summed E-state index contributed by atoms with van der Waals surface area (Å²) in [5.41, 5.74) is 0.600. The molecular formula is C24H23F3N4O5. The number of alkyl halides is 3. The lowest BCUT2D eigenvalue weighted by atomic mass is 10.1. The van der Waals surface area contributed by atoms with E-state index in [0.29, 0.717) is 42.7 Å². The molecule has 3 aromatic rings. The summed E-state index contributed by atoms with van der Waals surface area (Å²) < 4.78 is 46.5. The molecule has 0 aliphatic carbocycles. The Morgan fingerprint density at radius 3 is 2.22 bits per heavy atom. The Bertz CT molecular complexity index is 1240. The number of fused-ring (bicyclic) bond motifs is 1. The number of hydrogen-bond donors (Lipinski definition) is 2. The maximum Gasteiger partial charge on any atom is 0.573 e. The zero-order valence-electron chi connectivity index (χ0n) is 19.2. The van der Waals surface area contributed by atoms with Crippen LogP contribution in [0.2, 0.25) is 0 Å². The van der Waals surface area contributed by atoms with Crippen LogP contribution in [-0.2, 0) is 4.79 Å². The van der Waals surface area contributed by atoms with Gasteiger partial charge < -0.3 is 24.8 Å². The van der Waals surface area contributed by atoms with Crippen molar-refractivity contribution in [2.75, 3.05) is 13.1 Å². The molecule has 2 aromatic carbocycles. The number of aromatic nitrogens is 2. The quantitative estimate of drug-likeness (QED) is 0.529. The lowest BCUT2D eigenvalue weighted by molar-refractivity contribution is -0.274. The van der Waals surface area contributed by atoms with Crippen molar-refractivity contribution in [2.45, 2.75) is 38.3 Å². The Morgan fingerprint density at radius 1 is 1.03 bits per heavy atom. The minimum absolute atomic E-state index is 0.224. The zero-order chi connectivity index (χ0) is 25.9. The van der Waals surface area contributed by atoms with E-state index < -0.39 is 24.2 Å². The Hall–Kier alpha value is -4.09. The van der Waals surface area contributed by atoms with Crippen LogP contribution in [0.1, 0.15) is 30.3 Å². The molecule has 1 saturated heterocycles. The number of likely N-dealkylation sites (tertiary alicyclic amines) is 1. The average Bonchev–Trinajstić information content (AvgIpc) is 2.84. The monoisotopic (exact) mass is 504 g/mol. The van der Waals surface area contributed by atoms with Crippen molar-refractivity contribution in [1.82, 2.24) is 20.2 Å². The standard InChI is InChI=1S/C24H23F3N4O5/c1-14(28-21(32)20-22(33)30-19-5-3-2-4-18(19)29-20)23(34)31-12-10-16(11-13-31)35-15-6-8-17(9-7-15)36-24(25,26)27/h2-9,14,16H,10-13H2,1H3,(H,28,32)(H,30,33). The lowest BCUT2D eigenvalue weighted by Crippen LogP contribution is -2.50. The molecule has 190 valence electrons. The van der Waals surface area contributed by atoms with Gasteiger partial charge in [0.1, 0.15) is 23.6 Å². The fraction of sp³-hybridized carbons (Fsp3) is 0.333. The van der Waals surface area contributed by atoms with Crippen LogP contribution in [0.3, 0.4) is 0 Å². The normalized spacial score (nSPS) is 15.4. The van der Waals surface area contributed by atoms with Crippen LogP contribution in [0.25, 0.3) is 11.0 Å². The summed E-state index contributed by atoms with van der Waals surface area (Å²) in [7, 11) is 0. The van der Waals surface area contributed by atoms with Gasteiger partial charge in [0, 0.05) is 25.9 Å². The third-order valence-electron chi connectivity index (χ3n) is 5.60. The third-order valence-corrected chi connectivity index (χ3v) is 5.60. The summed E-state index contributed by atoms with van der Waals surface area (Å²) in [5, 5.41) is 12.6. The highest BCUT2D eigenvalue weighted by Crippen LogP contribution is 2.26. The number of nitrogens with one attached hydrogen (secondary N) is 1. The fourth-order valence-electron chi connectivity index (χ4n) is 3.85. The van der Waals surface area contributed by atoms with E-state index in [1.54, 1.807) is 36.1 Å². The summed E-state index contributed by atoms with van der Waals surface area (Å²) >= 11 is 0. The molecule has 1 aliphatic rings. The van der Waals surface area contributed by atoms with E-state index in [1.807, 2.05) is 0 Å². The molecular weight excluding hydrogens is 481 g/mol. The lowest BCUT2D eigenvalue weighted by Gasteiger charge is -2.33. The van der Waals surface area contributed by atoms with Gasteiger partial charge in [-0.2, -0.15) is 0 Å². The minimum atomic E-state index is -4.76. The Labute approximate surface area is 203 Å². The zero-order valence-corrected chi connectivity index (χ0v) is 19.2. The number of ether oxygens (including phenoxy) is 2. The maximum atomic E-state index is 12.8. The highest BCUT2D eigenvalue weighted by molar-refractivity contribution is 5.98. The van der Waals surface area contributed by atoms with Crippen molar-refractivity contribution < 1.29 is 37.3 Å². The molecule has 1 fully saturated rings. The topological polar surface area (TPSA) is 114 Å². The molecule has 2 amide bonds. The molecule has 1 atom stereocenters. The molecule has 12 heteroatoms. The highest BCUT2D eigenvalue weighted by atomic mass is 19.4. The number of amides is 2. The highest BCUT2D eigenvalue weighted by Gasteiger charge is 2.31. The molecule has 0 spiro atoms. The van der Waals surface area contributed by atoms with E-state index in [4.69, 9.17) is 4.74 Å². The van der Waals surface area contributed by atoms with E-state index in [9.17, 15) is 27.9 Å². The number of para-hydroxylation sites is 2. The first-order chi connectivity index (χ1) is 17.1. The van der Waals surface area contributed by atoms with Crippen molar-refractivity contribution in [3.05, 3.63) is 54.2 Å². The van der Waals surface area contributed by atoms with Gasteiger partial charge in [0.25, 0.3) is 5.91 Å². The van der Waals surface area contributed by atoms with E-state index in [1.165, 1.54) is 24.3 Å². The van der Waals surface area contributed by atoms with Gasteiger partial charge in [-0.15, -0.1) is 13.2 Å². The van der Waals surface area contributed by atoms with Crippen LogP contribution >= 0.6 is 0 Å². The first kappa shape index (κ1) is 25.0. The summed E-state index contributed by atoms with van der Waals surface area (Å²) in [5.74, 6) is -1.49. The number of hydrogen-bond acceptors (Lipinski definition) is 7. The van der Waals surface area contributed by atoms with Crippen molar-refractivity contribution in [3.8, 4) is 17.4 Å². The fourth-order valence-corrected chi connectivity index (χ4v) is 3.85. The largest absolute Gasteiger partial charge is 0.573 e. The molecule has 0 bridgehead atoms. The van der Waals surface area contributed by atoms with Crippen molar-refractivity contribution in [1.29, 1.82) is 0 Å². The molecule has 1 unspecified atom stereocenters. The van der Waals surface area contributed by atoms with Gasteiger partial charge in [-0.1, -0.05) is 12.1 Å². The third kappa shape index (κ3) is 6.12. The molecule has 0 radical (unpaired) electrons. The van der Waals surface area contributed by atoms with E-state index >= 15 is 0 Å². The molecule has 36 heavy (non-hydrogen) atoms. The molecule has 2 N–H and O–H groups in total. The van der Waals surface area contributed by atoms with Crippen LogP contribution in [0.4, 0.5) is 13.2 Å². The Kier molecular flexibility index (Phi) is 7.13. The number of rotatable bonds is 6. The molecule has 9 nitrogen and oxygen atoms in total. The molecule has 0 saturated carbocycles. The van der Waals surface area contributed by atoms with Crippen LogP contribution < -0.4 is 14.8 Å². The van der Waals surface area contributed by atoms with Gasteiger partial charge in [0.15, 0.2) is 5.69 Å². The van der Waals surface area contributed by atoms with Gasteiger partial charge in [-0.3, -0.25) is 9.59 Å². The maximum absolute atomic E-state index is 12.8. The Morgan fingerprint density at radius 2 is 1.61 bits per heavy atom. The van der Waals surface area contributed by atoms with Crippen LogP contribution in [0, 0.1) is 0 Å². The van der Waals surface area contributed by atoms with Crippen molar-refractivity contribution >= 4 is 22.8 Å². The predicted octanol–water partition coefficient (Wildman–Crippen LogP) is 3.42. The van der Waals surface area contributed by atoms with Gasteiger partial charge in [0.05, 0.1) is 11.0 Å². The molecule has 1 aromatic heterocycles. The van der Waals surface area contributed by atoms with Gasteiger partial charge in [-0.25, -0.2) is 9.97 Å². The summed E-state index contributed by atoms with van der Waals surface area (Å²) in [6.45, 7) is 2.29. The second-order valence-corrected chi connectivity index (χ2v) is 8.24. The molecule has 2 heterocycles. The number of carbonyl (C=O) groups is 2. The minimum Gasteiger partial charge on any atom is -0.492 e. The van der Waals surface area contributed by atoms with Gasteiger partial charge in [-0.05, 0) is 43.3 Å². The number of nitrogens with zero attached hydrogens (tertiary/aromatic N) is 3. The molecule has 1 aliphatic heterocycles. The molecule has 4 rings (SSSR count). The number of benzene rings is 2. The summed E-state index contributed by atoms with van der Waals surface area (Å²) in [6.07, 6.45) is -3.98. The Balaban J connectivity index is 1.28. The van der Waals surface area contributed by atoms with E-state index in [0.717, 1.165) is 0 Å². The van der Waals surface area contributed by atoms with E-state index in [-0.39, 0.29) is 23.5 Å². The first-order valence-corrected chi connectivity index (χ1v) is 11.2. The van der Waals surface area contributed by atoms with Crippen molar-refractivity contribution in [3.63, 3.8) is 0 Å². The van der Waals surface area contributed by atoms with Crippen LogP contribution in [-0.4, -0.2) is 63.4 Å². The van der Waals surface area contributed by atoms with Gasteiger partial charge in [0.2, 0.25) is 11.8 Å². The number of piperidine rings is 1. The number of aromatic hydroxyl groups is 1. The van der Waals surface area contributed by atoms with E-state index in [2.05, 4.69) is 20.0 Å². The van der Waals surface area contributed by atoms with Crippen LogP contribution in [0.15, 0.2) is 48.5 Å². The summed E-state index contributed by atoms with van der Waals surface area (Å²) in [6, 6.07) is 11.0. The SMILES string of the molecule is CC(NC(=O)c1nc2ccccc2nc1O)C(=O)N1CCC(Oc2ccc(OC(F)(F)F)cc2)CC1. The van der Waals surface area contributed by atoms with Crippen molar-refractivity contribution in [2.24, 2.45) is 0 Å². The predicted molar refractivity (Wildman–Crippen MR) is 121 cm³/mol. The second-order valence-electron chi connectivity index (χ2n) is 8.24. The van der Waals surface area contributed by atoms with Crippen LogP contribution in [0.5, 0.6) is 17.4 Å². The van der Waals surface area contributed by atoms with Gasteiger partial charge >= 0.3 is 6.36 Å².